The maximum atomic E-state index is 13.3. The Morgan fingerprint density at radius 2 is 0.745 bits per heavy atom. The monoisotopic (exact) mass is 1310 g/mol. The van der Waals surface area contributed by atoms with Gasteiger partial charge in [0.15, 0.2) is 12.6 Å². The zero-order chi connectivity index (χ0) is 68.0. The average molecular weight is 1310 g/mol. The van der Waals surface area contributed by atoms with Crippen LogP contribution in [0.2, 0.25) is 0 Å². The second kappa shape index (κ2) is 61.9. The van der Waals surface area contributed by atoms with E-state index < -0.39 is 86.8 Å². The predicted octanol–water partition coefficient (Wildman–Crippen LogP) is 15.6. The highest BCUT2D eigenvalue weighted by atomic mass is 16.7. The van der Waals surface area contributed by atoms with Crippen LogP contribution in [0, 0.1) is 0 Å². The predicted molar refractivity (Wildman–Crippen MR) is 387 cm³/mol. The van der Waals surface area contributed by atoms with E-state index in [0.29, 0.717) is 12.8 Å². The highest BCUT2D eigenvalue weighted by molar-refractivity contribution is 5.76. The van der Waals surface area contributed by atoms with Gasteiger partial charge in [0.2, 0.25) is 5.91 Å². The number of aliphatic hydroxyl groups is 8. The number of amides is 1. The van der Waals surface area contributed by atoms with Gasteiger partial charge in [-0.1, -0.05) is 267 Å². The molecule has 0 bridgehead atoms. The molecule has 0 spiro atoms. The highest BCUT2D eigenvalue weighted by Gasteiger charge is 2.51. The summed E-state index contributed by atoms with van der Waals surface area (Å²) in [5.74, 6) is -0.279. The molecule has 2 saturated heterocycles. The molecule has 0 aromatic heterocycles. The van der Waals surface area contributed by atoms with E-state index in [4.69, 9.17) is 18.9 Å². The summed E-state index contributed by atoms with van der Waals surface area (Å²) in [4.78, 5) is 13.3. The highest BCUT2D eigenvalue weighted by Crippen LogP contribution is 2.30. The van der Waals surface area contributed by atoms with Gasteiger partial charge in [0, 0.05) is 6.42 Å². The quantitative estimate of drug-likeness (QED) is 0.0204. The van der Waals surface area contributed by atoms with Crippen LogP contribution in [-0.4, -0.2) is 140 Å². The average Bonchev–Trinajstić information content (AvgIpc) is 0.794. The molecule has 0 radical (unpaired) electrons. The summed E-state index contributed by atoms with van der Waals surface area (Å²) in [5.41, 5.74) is 0. The molecule has 2 aliphatic rings. The minimum absolute atomic E-state index is 0.236. The number of carbonyl (C=O) groups is 1. The largest absolute Gasteiger partial charge is 0.394 e. The van der Waals surface area contributed by atoms with Crippen molar-refractivity contribution in [3.8, 4) is 0 Å². The first-order valence-electron chi connectivity index (χ1n) is 36.4. The van der Waals surface area contributed by atoms with Gasteiger partial charge in [-0.2, -0.15) is 0 Å². The summed E-state index contributed by atoms with van der Waals surface area (Å²) in [6.07, 6.45) is 79.7. The molecule has 0 aromatic rings. The van der Waals surface area contributed by atoms with Crippen molar-refractivity contribution in [3.63, 3.8) is 0 Å². The molecular formula is C80H129NO13. The summed E-state index contributed by atoms with van der Waals surface area (Å²) >= 11 is 0. The summed E-state index contributed by atoms with van der Waals surface area (Å²) in [6, 6.07) is -0.963. The Morgan fingerprint density at radius 1 is 0.394 bits per heavy atom. The Hall–Kier alpha value is -4.65. The topological polar surface area (TPSA) is 228 Å². The Morgan fingerprint density at radius 3 is 1.17 bits per heavy atom. The molecule has 2 heterocycles. The third kappa shape index (κ3) is 45.0. The number of allylic oxidation sites excluding steroid dienone is 27. The lowest BCUT2D eigenvalue weighted by molar-refractivity contribution is -0.359. The molecule has 532 valence electrons. The lowest BCUT2D eigenvalue weighted by atomic mass is 9.97. The molecular weight excluding hydrogens is 1180 g/mol. The second-order valence-corrected chi connectivity index (χ2v) is 24.6. The van der Waals surface area contributed by atoms with E-state index in [1.54, 1.807) is 6.08 Å². The third-order valence-corrected chi connectivity index (χ3v) is 16.4. The second-order valence-electron chi connectivity index (χ2n) is 24.6. The van der Waals surface area contributed by atoms with Crippen molar-refractivity contribution in [1.29, 1.82) is 0 Å². The Bertz CT molecular complexity index is 2240. The minimum atomic E-state index is -1.80. The number of carbonyl (C=O) groups excluding carboxylic acids is 1. The summed E-state index contributed by atoms with van der Waals surface area (Å²) in [7, 11) is 0. The van der Waals surface area contributed by atoms with Gasteiger partial charge in [-0.05, 0) is 128 Å². The van der Waals surface area contributed by atoms with Crippen molar-refractivity contribution in [2.24, 2.45) is 0 Å². The van der Waals surface area contributed by atoms with Crippen molar-refractivity contribution < 1.29 is 64.6 Å². The fourth-order valence-corrected chi connectivity index (χ4v) is 10.6. The number of rotatable bonds is 57. The van der Waals surface area contributed by atoms with E-state index >= 15 is 0 Å². The molecule has 2 fully saturated rings. The smallest absolute Gasteiger partial charge is 0.220 e. The van der Waals surface area contributed by atoms with Crippen molar-refractivity contribution in [1.82, 2.24) is 5.32 Å². The Kier molecular flexibility index (Phi) is 56.3. The zero-order valence-corrected chi connectivity index (χ0v) is 57.9. The van der Waals surface area contributed by atoms with Crippen molar-refractivity contribution in [2.75, 3.05) is 19.8 Å². The number of hydrogen-bond acceptors (Lipinski definition) is 13. The normalized spacial score (nSPS) is 23.5. The molecule has 94 heavy (non-hydrogen) atoms. The van der Waals surface area contributed by atoms with E-state index in [0.717, 1.165) is 128 Å². The first-order valence-corrected chi connectivity index (χ1v) is 36.4. The summed E-state index contributed by atoms with van der Waals surface area (Å²) < 4.78 is 22.8. The molecule has 0 aromatic carbocycles. The van der Waals surface area contributed by atoms with Crippen LogP contribution < -0.4 is 5.32 Å². The van der Waals surface area contributed by atoms with Crippen molar-refractivity contribution >= 4 is 5.91 Å². The molecule has 12 unspecified atom stereocenters. The first kappa shape index (κ1) is 85.4. The minimum Gasteiger partial charge on any atom is -0.394 e. The summed E-state index contributed by atoms with van der Waals surface area (Å²) in [6.45, 7) is 2.64. The fourth-order valence-electron chi connectivity index (χ4n) is 10.6. The number of hydrogen-bond donors (Lipinski definition) is 9. The number of aliphatic hydroxyl groups excluding tert-OH is 8. The summed E-state index contributed by atoms with van der Waals surface area (Å²) in [5, 5.41) is 87.4. The van der Waals surface area contributed by atoms with Crippen LogP contribution in [0.3, 0.4) is 0 Å². The first-order chi connectivity index (χ1) is 46.1. The molecule has 14 heteroatoms. The number of nitrogens with one attached hydrogen (secondary N) is 1. The number of unbranched alkanes of at least 4 members (excludes halogenated alkanes) is 18. The van der Waals surface area contributed by atoms with Gasteiger partial charge in [0.1, 0.15) is 48.8 Å². The molecule has 9 N–H and O–H groups in total. The molecule has 2 rings (SSSR count). The van der Waals surface area contributed by atoms with Gasteiger partial charge in [-0.25, -0.2) is 0 Å². The van der Waals surface area contributed by atoms with Crippen molar-refractivity contribution in [3.05, 3.63) is 170 Å². The van der Waals surface area contributed by atoms with Gasteiger partial charge < -0.3 is 65.1 Å². The molecule has 14 nitrogen and oxygen atoms in total. The maximum Gasteiger partial charge on any atom is 0.220 e. The standard InChI is InChI=1S/C80H129NO13/c1-3-5-7-9-11-13-15-17-19-21-23-25-26-27-28-29-30-31-32-33-34-35-36-37-38-39-40-41-42-44-46-48-50-52-54-56-58-60-62-64-72(85)81-68(69(84)63-61-59-57-55-53-51-49-47-45-43-24-22-20-18-16-14-12-10-8-6-4-2)67-91-79-77(90)75(88)78(71(66-83)93-79)94-80-76(89)74(87)73(86)70(65-82)92-80/h5,7,11,13,17,19,23,25,27-28,30-31,33-34,36-37,39-40,42,44-45,47-48,50,53,55,61,63,68-71,73-80,82-84,86-90H,3-4,6,8-10,12,14-16,18,20-22,24,26,29,32,35,38,41,43,46,49,51-52,54,56-60,62,64-67H2,1-2H3,(H,81,85)/b7-5-,13-11-,19-17-,25-23-,28-27-,31-30-,34-33-,37-36-,40-39-,44-42-,47-45+,50-48-,55-53+,63-61+. The van der Waals surface area contributed by atoms with E-state index in [1.165, 1.54) is 70.6 Å². The van der Waals surface area contributed by atoms with Crippen LogP contribution in [0.5, 0.6) is 0 Å². The van der Waals surface area contributed by atoms with Crippen LogP contribution >= 0.6 is 0 Å². The van der Waals surface area contributed by atoms with Crippen LogP contribution in [0.4, 0.5) is 0 Å². The fraction of sp³-hybridized carbons (Fsp3) is 0.637. The van der Waals surface area contributed by atoms with Crippen LogP contribution in [0.15, 0.2) is 170 Å². The number of ether oxygens (including phenoxy) is 4. The van der Waals surface area contributed by atoms with E-state index in [1.807, 2.05) is 6.08 Å². The molecule has 12 atom stereocenters. The molecule has 2 aliphatic heterocycles. The maximum absolute atomic E-state index is 13.3. The van der Waals surface area contributed by atoms with Gasteiger partial charge >= 0.3 is 0 Å². The van der Waals surface area contributed by atoms with E-state index in [9.17, 15) is 45.6 Å². The van der Waals surface area contributed by atoms with Crippen LogP contribution in [0.1, 0.15) is 232 Å². The molecule has 0 aliphatic carbocycles. The van der Waals surface area contributed by atoms with Crippen molar-refractivity contribution in [2.45, 2.75) is 306 Å². The molecule has 0 saturated carbocycles. The Balaban J connectivity index is 1.69. The van der Waals surface area contributed by atoms with Gasteiger partial charge in [0.05, 0.1) is 32.0 Å². The molecule has 1 amide bonds. The van der Waals surface area contributed by atoms with E-state index in [-0.39, 0.29) is 18.9 Å². The lowest BCUT2D eigenvalue weighted by Crippen LogP contribution is -2.65. The Labute approximate surface area is 568 Å². The van der Waals surface area contributed by atoms with Gasteiger partial charge in [-0.15, -0.1) is 0 Å². The third-order valence-electron chi connectivity index (χ3n) is 16.4. The SMILES string of the molecule is CC/C=C\C/C=C\C/C=C\C/C=C\C/C=C\C/C=C\C/C=C\C/C=C\C/C=C\C/C=C\C/C=C\CCCCCCCC(=O)NC(COC1OC(CO)C(OC2OC(CO)C(O)C(O)C2O)C(O)C1O)C(O)/C=C/CC/C=C/CC/C=C/CCCCCCCCCCCCC. The zero-order valence-electron chi connectivity index (χ0n) is 57.9. The lowest BCUT2D eigenvalue weighted by Gasteiger charge is -2.46. The van der Waals surface area contributed by atoms with E-state index in [2.05, 4.69) is 177 Å². The van der Waals surface area contributed by atoms with Gasteiger partial charge in [0.25, 0.3) is 0 Å². The van der Waals surface area contributed by atoms with Gasteiger partial charge in [-0.3, -0.25) is 4.79 Å². The van der Waals surface area contributed by atoms with Crippen LogP contribution in [-0.2, 0) is 23.7 Å². The van der Waals surface area contributed by atoms with Crippen LogP contribution in [0.25, 0.3) is 0 Å².